The van der Waals surface area contributed by atoms with Crippen molar-refractivity contribution in [1.29, 1.82) is 0 Å². The van der Waals surface area contributed by atoms with Gasteiger partial charge in [-0.05, 0) is 59.7 Å². The first kappa shape index (κ1) is 57.6. The summed E-state index contributed by atoms with van der Waals surface area (Å²) < 4.78 is 58.1. The first-order chi connectivity index (χ1) is 37.6. The maximum Gasteiger partial charge on any atom is 0.402 e. The van der Waals surface area contributed by atoms with Crippen molar-refractivity contribution in [2.75, 3.05) is 26.9 Å². The van der Waals surface area contributed by atoms with E-state index in [4.69, 9.17) is 47.0 Å². The standard InChI is InChI=1S/C52H54O27/c1-70-33-14-23(6-9-28(33)57)48-34(17-25-31(73-48)15-24(54)16-32(25)74-50-46(68)43(65)40(62)35(18-53)76-50)75-52-49(45(67)42(64)37(78-52)20-72-39(61)11-5-22-3-8-27(56)30(59)13-22)79-51-47(69)44(66)41(63)36(77-51)19-71-38(60)10-4-21-2-7-26(55)29(58)12-21/h2-17,35-37,40-47,49-53,62-69H,18-20H2,1H3,(H5-,54,55,56,57,58,59,60,61)/p+1/t35-,36-,37-,40-,41-,42-,43+,44+,45+,46-,47-,49-,50-,51+,52-/m1/s1. The van der Waals surface area contributed by atoms with Gasteiger partial charge >= 0.3 is 23.3 Å². The van der Waals surface area contributed by atoms with Crippen molar-refractivity contribution in [2.45, 2.75) is 92.1 Å². The lowest BCUT2D eigenvalue weighted by Gasteiger charge is -2.45. The molecule has 0 saturated carbocycles. The van der Waals surface area contributed by atoms with Gasteiger partial charge in [0.15, 0.2) is 46.9 Å². The molecule has 27 nitrogen and oxygen atoms in total. The Balaban J connectivity index is 1.14. The van der Waals surface area contributed by atoms with E-state index in [-0.39, 0.29) is 50.7 Å². The number of esters is 2. The number of phenols is 6. The summed E-state index contributed by atoms with van der Waals surface area (Å²) in [4.78, 5) is 25.7. The SMILES string of the molecule is COc1cc(-c2[o+]c3cc(O)cc(O[C@@H]4O[C@H](CO)[C@@H](O)[C@H](O)[C@H]4O)c3cc2O[C@@H]2O[C@H](COC(=O)/C=C/c3ccc(O)c(O)c3)[C@@H](O)[C@H](O)[C@H]2O[C@@H]2O[C@H](COC(=O)/C=C/c3ccc(O)c(O)c3)[C@@H](O)[C@H](O)[C@H]2O)ccc1O. The predicted molar refractivity (Wildman–Crippen MR) is 263 cm³/mol. The summed E-state index contributed by atoms with van der Waals surface area (Å²) in [6, 6.07) is 14.6. The highest BCUT2D eigenvalue weighted by molar-refractivity contribution is 5.89. The van der Waals surface area contributed by atoms with Crippen molar-refractivity contribution >= 4 is 35.1 Å². The number of methoxy groups -OCH3 is 1. The molecule has 3 fully saturated rings. The van der Waals surface area contributed by atoms with Gasteiger partial charge in [-0.2, -0.15) is 0 Å². The summed E-state index contributed by atoms with van der Waals surface area (Å²) in [5, 5.41) is 158. The number of ether oxygens (including phenoxy) is 9. The lowest BCUT2D eigenvalue weighted by molar-refractivity contribution is -0.358. The number of aliphatic hydroxyl groups excluding tert-OH is 9. The fourth-order valence-electron chi connectivity index (χ4n) is 8.44. The van der Waals surface area contributed by atoms with Gasteiger partial charge in [-0.15, -0.1) is 0 Å². The van der Waals surface area contributed by atoms with Crippen molar-refractivity contribution in [2.24, 2.45) is 0 Å². The Morgan fingerprint density at radius 3 is 1.62 bits per heavy atom. The van der Waals surface area contributed by atoms with Gasteiger partial charge in [-0.1, -0.05) is 12.1 Å². The summed E-state index contributed by atoms with van der Waals surface area (Å²) in [7, 11) is 1.25. The molecule has 4 aromatic carbocycles. The van der Waals surface area contributed by atoms with Crippen LogP contribution < -0.4 is 14.2 Å². The summed E-state index contributed by atoms with van der Waals surface area (Å²) in [6.45, 7) is -2.44. The topological polar surface area (TPSA) is 432 Å². The molecular weight excluding hydrogens is 1060 g/mol. The van der Waals surface area contributed by atoms with Crippen molar-refractivity contribution in [3.05, 3.63) is 96.1 Å². The van der Waals surface area contributed by atoms with Crippen LogP contribution in [0.25, 0.3) is 34.4 Å². The molecule has 0 unspecified atom stereocenters. The molecule has 8 rings (SSSR count). The minimum absolute atomic E-state index is 0.0796. The average molecular weight is 1110 g/mol. The quantitative estimate of drug-likeness (QED) is 0.0238. The first-order valence-corrected chi connectivity index (χ1v) is 23.9. The van der Waals surface area contributed by atoms with E-state index in [2.05, 4.69) is 0 Å². The predicted octanol–water partition coefficient (Wildman–Crippen LogP) is -0.667. The van der Waals surface area contributed by atoms with E-state index in [0.29, 0.717) is 0 Å². The summed E-state index contributed by atoms with van der Waals surface area (Å²) in [6.07, 6.45) is -24.5. The molecule has 424 valence electrons. The molecule has 79 heavy (non-hydrogen) atoms. The van der Waals surface area contributed by atoms with Crippen LogP contribution in [0.15, 0.2) is 89.4 Å². The highest BCUT2D eigenvalue weighted by Crippen LogP contribution is 2.44. The number of carbonyl (C=O) groups is 2. The van der Waals surface area contributed by atoms with Crippen LogP contribution in [0, 0.1) is 0 Å². The zero-order chi connectivity index (χ0) is 57.0. The van der Waals surface area contributed by atoms with Crippen molar-refractivity contribution in [3.63, 3.8) is 0 Å². The number of fused-ring (bicyclic) bond motifs is 1. The molecule has 3 saturated heterocycles. The third kappa shape index (κ3) is 13.0. The molecule has 0 aliphatic carbocycles. The lowest BCUT2D eigenvalue weighted by atomic mass is 9.97. The van der Waals surface area contributed by atoms with Crippen LogP contribution in [-0.4, -0.2) is 208 Å². The summed E-state index contributed by atoms with van der Waals surface area (Å²) in [5.74, 6) is -5.76. The number of carbonyl (C=O) groups excluding carboxylic acids is 2. The molecule has 15 N–H and O–H groups in total. The molecule has 3 aliphatic heterocycles. The number of benzene rings is 4. The van der Waals surface area contributed by atoms with Crippen molar-refractivity contribution in [1.82, 2.24) is 0 Å². The monoisotopic (exact) mass is 1110 g/mol. The normalized spacial score (nSPS) is 29.1. The number of aromatic hydroxyl groups is 6. The van der Waals surface area contributed by atoms with Crippen LogP contribution in [-0.2, 0) is 38.0 Å². The number of hydrogen-bond donors (Lipinski definition) is 15. The summed E-state index contributed by atoms with van der Waals surface area (Å²) in [5.41, 5.74) is 0.435. The second kappa shape index (κ2) is 24.6. The first-order valence-electron chi connectivity index (χ1n) is 23.9. The Bertz CT molecular complexity index is 3040. The van der Waals surface area contributed by atoms with Crippen LogP contribution in [0.2, 0.25) is 0 Å². The number of phenolic OH excluding ortho intramolecular Hbond substituents is 6. The maximum absolute atomic E-state index is 13.0. The third-order valence-electron chi connectivity index (χ3n) is 12.8. The smallest absolute Gasteiger partial charge is 0.402 e. The minimum atomic E-state index is -2.17. The Hall–Kier alpha value is -7.61. The van der Waals surface area contributed by atoms with Gasteiger partial charge in [0.1, 0.15) is 97.2 Å². The Morgan fingerprint density at radius 2 is 1.05 bits per heavy atom. The summed E-state index contributed by atoms with van der Waals surface area (Å²) >= 11 is 0. The van der Waals surface area contributed by atoms with E-state index in [0.717, 1.165) is 36.4 Å². The fourth-order valence-corrected chi connectivity index (χ4v) is 8.44. The van der Waals surface area contributed by atoms with Gasteiger partial charge < -0.3 is 119 Å². The molecule has 5 aromatic rings. The molecular formula is C52H55O27+. The highest BCUT2D eigenvalue weighted by Gasteiger charge is 2.53. The Labute approximate surface area is 445 Å². The second-order valence-electron chi connectivity index (χ2n) is 18.2. The van der Waals surface area contributed by atoms with Gasteiger partial charge in [-0.25, -0.2) is 14.0 Å². The van der Waals surface area contributed by atoms with E-state index in [1.165, 1.54) is 67.8 Å². The van der Waals surface area contributed by atoms with Crippen molar-refractivity contribution in [3.8, 4) is 63.1 Å². The highest BCUT2D eigenvalue weighted by atomic mass is 16.8. The van der Waals surface area contributed by atoms with Gasteiger partial charge in [-0.3, -0.25) is 0 Å². The van der Waals surface area contributed by atoms with Gasteiger partial charge in [0, 0.05) is 30.4 Å². The Kier molecular flexibility index (Phi) is 17.9. The zero-order valence-electron chi connectivity index (χ0n) is 41.1. The van der Waals surface area contributed by atoms with Gasteiger partial charge in [0.2, 0.25) is 18.3 Å². The molecule has 0 spiro atoms. The zero-order valence-corrected chi connectivity index (χ0v) is 41.1. The molecule has 0 radical (unpaired) electrons. The van der Waals surface area contributed by atoms with Gasteiger partial charge in [0.05, 0.1) is 25.3 Å². The third-order valence-corrected chi connectivity index (χ3v) is 12.8. The van der Waals surface area contributed by atoms with E-state index < -0.39 is 158 Å². The number of hydrogen-bond acceptors (Lipinski definition) is 26. The minimum Gasteiger partial charge on any atom is -0.507 e. The van der Waals surface area contributed by atoms with Crippen LogP contribution in [0.5, 0.6) is 51.7 Å². The fraction of sp³-hybridized carbons (Fsp3) is 0.365. The molecule has 4 heterocycles. The maximum atomic E-state index is 13.0. The average Bonchev–Trinajstić information content (AvgIpc) is 3.59. The molecule has 0 amide bonds. The van der Waals surface area contributed by atoms with E-state index in [1.54, 1.807) is 0 Å². The van der Waals surface area contributed by atoms with E-state index in [9.17, 15) is 86.2 Å². The molecule has 3 aliphatic rings. The van der Waals surface area contributed by atoms with E-state index in [1.807, 2.05) is 0 Å². The number of rotatable bonds is 17. The molecule has 27 heteroatoms. The lowest BCUT2D eigenvalue weighted by Crippen LogP contribution is -2.65. The second-order valence-corrected chi connectivity index (χ2v) is 18.2. The molecule has 15 atom stereocenters. The van der Waals surface area contributed by atoms with Gasteiger partial charge in [0.25, 0.3) is 0 Å². The van der Waals surface area contributed by atoms with Crippen LogP contribution in [0.3, 0.4) is 0 Å². The number of aliphatic hydroxyl groups is 9. The van der Waals surface area contributed by atoms with E-state index >= 15 is 0 Å². The molecule has 1 aromatic heterocycles. The molecule has 0 bridgehead atoms. The Morgan fingerprint density at radius 1 is 0.532 bits per heavy atom. The van der Waals surface area contributed by atoms with Crippen LogP contribution in [0.4, 0.5) is 0 Å². The van der Waals surface area contributed by atoms with Crippen LogP contribution >= 0.6 is 0 Å². The van der Waals surface area contributed by atoms with Crippen LogP contribution in [0.1, 0.15) is 11.1 Å². The van der Waals surface area contributed by atoms with Crippen molar-refractivity contribution < 1.29 is 133 Å². The largest absolute Gasteiger partial charge is 0.507 e.